The predicted octanol–water partition coefficient (Wildman–Crippen LogP) is 3.19. The summed E-state index contributed by atoms with van der Waals surface area (Å²) in [6.45, 7) is 2.17. The molecule has 2 aromatic carbocycles. The van der Waals surface area contributed by atoms with E-state index in [9.17, 15) is 19.5 Å². The topological polar surface area (TPSA) is 95.9 Å². The number of alkyl halides is 1. The van der Waals surface area contributed by atoms with Gasteiger partial charge in [-0.05, 0) is 42.7 Å². The van der Waals surface area contributed by atoms with E-state index in [1.807, 2.05) is 42.5 Å². The summed E-state index contributed by atoms with van der Waals surface area (Å²) in [6.07, 6.45) is 0.976. The van der Waals surface area contributed by atoms with E-state index in [-0.39, 0.29) is 47.6 Å². The van der Waals surface area contributed by atoms with Gasteiger partial charge in [0.25, 0.3) is 0 Å². The van der Waals surface area contributed by atoms with Gasteiger partial charge in [0.15, 0.2) is 0 Å². The molecule has 3 fully saturated rings. The Hall–Kier alpha value is -2.10. The summed E-state index contributed by atoms with van der Waals surface area (Å²) in [7, 11) is 0. The third kappa shape index (κ3) is 3.63. The minimum atomic E-state index is -0.738. The maximum atomic E-state index is 13.8. The van der Waals surface area contributed by atoms with Gasteiger partial charge in [-0.25, -0.2) is 0 Å². The lowest BCUT2D eigenvalue weighted by Crippen LogP contribution is -2.52. The summed E-state index contributed by atoms with van der Waals surface area (Å²) >= 11 is 5.30. The number of fused-ring (bicyclic) bond motifs is 2. The number of halogens is 1. The molecule has 5 rings (SSSR count). The number of benzene rings is 2. The van der Waals surface area contributed by atoms with Crippen molar-refractivity contribution in [3.05, 3.63) is 42.5 Å². The van der Waals surface area contributed by atoms with Crippen LogP contribution in [0.25, 0.3) is 10.8 Å². The number of hydrogen-bond donors (Lipinski definition) is 2. The molecule has 180 valence electrons. The smallest absolute Gasteiger partial charge is 0.310 e. The van der Waals surface area contributed by atoms with Crippen molar-refractivity contribution in [1.82, 2.24) is 4.90 Å². The molecular weight excluding hydrogens is 520 g/mol. The van der Waals surface area contributed by atoms with Crippen molar-refractivity contribution in [2.45, 2.75) is 40.6 Å². The molecule has 3 aliphatic heterocycles. The third-order valence-corrected chi connectivity index (χ3v) is 10.4. The summed E-state index contributed by atoms with van der Waals surface area (Å²) < 4.78 is 4.63. The molecule has 3 aliphatic rings. The zero-order chi connectivity index (χ0) is 24.0. The first kappa shape index (κ1) is 23.6. The molecule has 1 spiro atoms. The van der Waals surface area contributed by atoms with E-state index in [0.29, 0.717) is 18.5 Å². The Labute approximate surface area is 210 Å². The fraction of sp³-hybridized carbons (Fsp3) is 0.480. The number of amides is 2. The standard InChI is InChI=1S/C25H27BrN2O5S/c1-2-33-24(32)18-19-23(31)28(10-5-11-29)21(25(19)13-17(26)20(18)34-25)22(30)27-16-9-8-14-6-3-4-7-15(14)12-16/h3-4,6-9,12,17-21,29H,2,5,10-11,13H2,1H3,(H,27,30)/t17?,18-,19+,20-,21?,25?/m1/s1. The van der Waals surface area contributed by atoms with Crippen LogP contribution in [0.5, 0.6) is 0 Å². The van der Waals surface area contributed by atoms with Gasteiger partial charge in [0.2, 0.25) is 11.8 Å². The molecule has 3 unspecified atom stereocenters. The average molecular weight is 547 g/mol. The van der Waals surface area contributed by atoms with Gasteiger partial charge in [0.05, 0.1) is 23.2 Å². The van der Waals surface area contributed by atoms with E-state index in [4.69, 9.17) is 4.74 Å². The fourth-order valence-corrected chi connectivity index (χ4v) is 9.50. The van der Waals surface area contributed by atoms with E-state index in [1.54, 1.807) is 23.6 Å². The van der Waals surface area contributed by atoms with Crippen LogP contribution in [0.2, 0.25) is 0 Å². The van der Waals surface area contributed by atoms with Crippen LogP contribution < -0.4 is 5.32 Å². The van der Waals surface area contributed by atoms with E-state index in [0.717, 1.165) is 10.8 Å². The second-order valence-electron chi connectivity index (χ2n) is 9.08. The van der Waals surface area contributed by atoms with Crippen molar-refractivity contribution >= 4 is 61.9 Å². The number of carbonyl (C=O) groups is 3. The average Bonchev–Trinajstić information content (AvgIpc) is 3.41. The molecule has 2 aromatic rings. The van der Waals surface area contributed by atoms with Crippen LogP contribution in [0.1, 0.15) is 19.8 Å². The van der Waals surface area contributed by atoms with Gasteiger partial charge >= 0.3 is 5.97 Å². The maximum Gasteiger partial charge on any atom is 0.310 e. The van der Waals surface area contributed by atoms with Crippen molar-refractivity contribution in [3.8, 4) is 0 Å². The lowest BCUT2D eigenvalue weighted by atomic mass is 9.71. The number of rotatable bonds is 7. The lowest BCUT2D eigenvalue weighted by Gasteiger charge is -2.35. The Morgan fingerprint density at radius 1 is 1.26 bits per heavy atom. The summed E-state index contributed by atoms with van der Waals surface area (Å²) in [4.78, 5) is 42.0. The van der Waals surface area contributed by atoms with Crippen LogP contribution in [0.3, 0.4) is 0 Å². The first-order chi connectivity index (χ1) is 16.4. The number of ether oxygens (including phenoxy) is 1. The van der Waals surface area contributed by atoms with Gasteiger partial charge in [-0.15, -0.1) is 11.8 Å². The van der Waals surface area contributed by atoms with E-state index >= 15 is 0 Å². The quantitative estimate of drug-likeness (QED) is 0.409. The largest absolute Gasteiger partial charge is 0.466 e. The van der Waals surface area contributed by atoms with Gasteiger partial charge in [-0.2, -0.15) is 0 Å². The number of nitrogens with one attached hydrogen (secondary N) is 1. The highest BCUT2D eigenvalue weighted by molar-refractivity contribution is 9.09. The number of hydrogen-bond acceptors (Lipinski definition) is 6. The first-order valence-corrected chi connectivity index (χ1v) is 13.4. The van der Waals surface area contributed by atoms with Gasteiger partial charge in [0.1, 0.15) is 6.04 Å². The number of anilines is 1. The fourth-order valence-electron chi connectivity index (χ4n) is 5.90. The Balaban J connectivity index is 1.50. The van der Waals surface area contributed by atoms with Crippen molar-refractivity contribution in [1.29, 1.82) is 0 Å². The molecule has 34 heavy (non-hydrogen) atoms. The molecule has 3 saturated heterocycles. The minimum Gasteiger partial charge on any atom is -0.466 e. The molecule has 0 saturated carbocycles. The molecule has 0 aromatic heterocycles. The van der Waals surface area contributed by atoms with Gasteiger partial charge < -0.3 is 20.1 Å². The molecule has 3 heterocycles. The van der Waals surface area contributed by atoms with Crippen molar-refractivity contribution in [3.63, 3.8) is 0 Å². The molecule has 2 bridgehead atoms. The van der Waals surface area contributed by atoms with E-state index in [1.165, 1.54) is 0 Å². The number of likely N-dealkylation sites (tertiary alicyclic amines) is 1. The molecule has 2 amide bonds. The zero-order valence-electron chi connectivity index (χ0n) is 18.8. The number of aliphatic hydroxyl groups is 1. The van der Waals surface area contributed by atoms with Crippen LogP contribution in [0.15, 0.2) is 42.5 Å². The molecule has 9 heteroatoms. The van der Waals surface area contributed by atoms with Crippen LogP contribution >= 0.6 is 27.7 Å². The van der Waals surface area contributed by atoms with E-state index < -0.39 is 22.6 Å². The van der Waals surface area contributed by atoms with Gasteiger partial charge in [-0.3, -0.25) is 14.4 Å². The number of nitrogens with zero attached hydrogens (tertiary/aromatic N) is 1. The minimum absolute atomic E-state index is 0.00437. The highest BCUT2D eigenvalue weighted by Crippen LogP contribution is 2.67. The van der Waals surface area contributed by atoms with Crippen LogP contribution in [-0.2, 0) is 19.1 Å². The SMILES string of the molecule is CCOC(=O)[C@H]1[C@@H]2SC3(CC2Br)C(C(=O)Nc2ccc4ccccc4c2)N(CCCO)C(=O)[C@H]13. The number of esters is 1. The highest BCUT2D eigenvalue weighted by atomic mass is 79.9. The normalized spacial score (nSPS) is 31.7. The summed E-state index contributed by atoms with van der Waals surface area (Å²) in [6, 6.07) is 12.9. The number of thioether (sulfide) groups is 1. The Bertz CT molecular complexity index is 1150. The van der Waals surface area contributed by atoms with Gasteiger partial charge in [-0.1, -0.05) is 46.3 Å². The Morgan fingerprint density at radius 3 is 2.76 bits per heavy atom. The Kier molecular flexibility index (Phi) is 6.37. The molecule has 2 N–H and O–H groups in total. The molecule has 0 radical (unpaired) electrons. The monoisotopic (exact) mass is 546 g/mol. The summed E-state index contributed by atoms with van der Waals surface area (Å²) in [5.41, 5.74) is 0.660. The van der Waals surface area contributed by atoms with Crippen LogP contribution in [0.4, 0.5) is 5.69 Å². The van der Waals surface area contributed by atoms with Crippen molar-refractivity contribution < 1.29 is 24.2 Å². The second kappa shape index (κ2) is 9.17. The molecule has 0 aliphatic carbocycles. The summed E-state index contributed by atoms with van der Waals surface area (Å²) in [5, 5.41) is 14.4. The molecular formula is C25H27BrN2O5S. The van der Waals surface area contributed by atoms with Crippen molar-refractivity contribution in [2.75, 3.05) is 25.1 Å². The van der Waals surface area contributed by atoms with Crippen LogP contribution in [-0.4, -0.2) is 68.4 Å². The summed E-state index contributed by atoms with van der Waals surface area (Å²) in [5.74, 6) is -2.03. The van der Waals surface area contributed by atoms with Gasteiger partial charge in [0, 0.05) is 28.9 Å². The third-order valence-electron chi connectivity index (χ3n) is 7.17. The van der Waals surface area contributed by atoms with E-state index in [2.05, 4.69) is 21.2 Å². The first-order valence-electron chi connectivity index (χ1n) is 11.6. The maximum absolute atomic E-state index is 13.8. The second-order valence-corrected chi connectivity index (χ2v) is 11.8. The predicted molar refractivity (Wildman–Crippen MR) is 135 cm³/mol. The molecule has 7 nitrogen and oxygen atoms in total. The van der Waals surface area contributed by atoms with Crippen LogP contribution in [0, 0.1) is 11.8 Å². The highest BCUT2D eigenvalue weighted by Gasteiger charge is 2.75. The van der Waals surface area contributed by atoms with Crippen molar-refractivity contribution in [2.24, 2.45) is 11.8 Å². The number of carbonyl (C=O) groups excluding carboxylic acids is 3. The zero-order valence-corrected chi connectivity index (χ0v) is 21.2. The lowest BCUT2D eigenvalue weighted by molar-refractivity contribution is -0.153. The molecule has 6 atom stereocenters. The number of aliphatic hydroxyl groups excluding tert-OH is 1. The Morgan fingerprint density at radius 2 is 2.03 bits per heavy atom.